The second-order valence-electron chi connectivity index (χ2n) is 11.0. The third kappa shape index (κ3) is 10.4. The maximum Gasteiger partial charge on any atom is 0.401 e. The van der Waals surface area contributed by atoms with Crippen molar-refractivity contribution in [3.8, 4) is 16.9 Å². The molecule has 1 aliphatic heterocycles. The first-order chi connectivity index (χ1) is 22.2. The highest BCUT2D eigenvalue weighted by Gasteiger charge is 2.32. The average molecular weight is 672 g/mol. The van der Waals surface area contributed by atoms with Gasteiger partial charge in [0.2, 0.25) is 0 Å². The molecule has 3 aromatic rings. The summed E-state index contributed by atoms with van der Waals surface area (Å²) in [6, 6.07) is 9.31. The van der Waals surface area contributed by atoms with Crippen LogP contribution in [0.5, 0.6) is 5.75 Å². The van der Waals surface area contributed by atoms with Crippen LogP contribution in [0.1, 0.15) is 24.8 Å². The van der Waals surface area contributed by atoms with Gasteiger partial charge >= 0.3 is 6.18 Å². The highest BCUT2D eigenvalue weighted by atomic mass is 35.5. The number of alkyl halides is 3. The topological polar surface area (TPSA) is 93.5 Å². The zero-order valence-electron chi connectivity index (χ0n) is 26.2. The molecule has 46 heavy (non-hydrogen) atoms. The van der Waals surface area contributed by atoms with Crippen molar-refractivity contribution in [1.82, 2.24) is 14.5 Å². The third-order valence-corrected chi connectivity index (χ3v) is 8.13. The minimum atomic E-state index is -4.17. The van der Waals surface area contributed by atoms with E-state index in [1.807, 2.05) is 24.3 Å². The van der Waals surface area contributed by atoms with Crippen LogP contribution in [0.2, 0.25) is 5.02 Å². The molecular formula is C32H41ClF3N3O7. The Hall–Kier alpha value is -2.78. The summed E-state index contributed by atoms with van der Waals surface area (Å²) in [5, 5.41) is 0.390. The Kier molecular flexibility index (Phi) is 14.1. The summed E-state index contributed by atoms with van der Waals surface area (Å²) in [4.78, 5) is 19.6. The summed E-state index contributed by atoms with van der Waals surface area (Å²) in [5.74, 6) is 0.637. The number of benzene rings is 2. The van der Waals surface area contributed by atoms with E-state index in [9.17, 15) is 18.0 Å². The number of halogens is 4. The van der Waals surface area contributed by atoms with E-state index in [1.165, 1.54) is 15.8 Å². The number of rotatable bonds is 18. The highest BCUT2D eigenvalue weighted by molar-refractivity contribution is 6.38. The summed E-state index contributed by atoms with van der Waals surface area (Å²) in [6.45, 7) is 2.02. The van der Waals surface area contributed by atoms with Crippen molar-refractivity contribution >= 4 is 22.5 Å². The molecule has 0 N–H and O–H groups in total. The lowest BCUT2D eigenvalue weighted by molar-refractivity contribution is -0.148. The van der Waals surface area contributed by atoms with Gasteiger partial charge in [0.25, 0.3) is 5.56 Å². The Balaban J connectivity index is 1.52. The van der Waals surface area contributed by atoms with Crippen molar-refractivity contribution in [3.63, 3.8) is 0 Å². The van der Waals surface area contributed by atoms with E-state index in [0.29, 0.717) is 76.2 Å². The number of likely N-dealkylation sites (tertiary alicyclic amines) is 1. The van der Waals surface area contributed by atoms with Gasteiger partial charge in [-0.25, -0.2) is 4.98 Å². The Labute approximate surface area is 271 Å². The summed E-state index contributed by atoms with van der Waals surface area (Å²) in [5.41, 5.74) is 2.06. The molecule has 14 heteroatoms. The summed E-state index contributed by atoms with van der Waals surface area (Å²) < 4.78 is 72.5. The molecule has 0 unspecified atom stereocenters. The molecule has 254 valence electrons. The number of nitrogens with zero attached hydrogens (tertiary/aromatic N) is 3. The Morgan fingerprint density at radius 2 is 1.67 bits per heavy atom. The molecular weight excluding hydrogens is 631 g/mol. The standard InChI is InChI=1S/C32H41ClF3N3O7/c1-41-13-15-44-21-39-20-37-30-27(46-22-45-16-14-42-2)17-26(29(33)28(30)31(39)40)25-6-4-3-5-24(25)18-43-12-9-23-7-10-38(11-8-23)19-32(34,35)36/h3-6,17,20,23H,7-16,18-19,21-22H2,1-2H3. The minimum Gasteiger partial charge on any atom is -0.465 e. The molecule has 0 spiro atoms. The second kappa shape index (κ2) is 17.9. The van der Waals surface area contributed by atoms with Crippen LogP contribution in [0, 0.1) is 5.92 Å². The lowest BCUT2D eigenvalue weighted by atomic mass is 9.94. The van der Waals surface area contributed by atoms with Crippen molar-refractivity contribution in [1.29, 1.82) is 0 Å². The monoisotopic (exact) mass is 671 g/mol. The summed E-state index contributed by atoms with van der Waals surface area (Å²) >= 11 is 6.97. The average Bonchev–Trinajstić information content (AvgIpc) is 3.03. The summed E-state index contributed by atoms with van der Waals surface area (Å²) in [7, 11) is 3.13. The molecule has 1 saturated heterocycles. The number of methoxy groups -OCH3 is 2. The van der Waals surface area contributed by atoms with Crippen LogP contribution in [0.3, 0.4) is 0 Å². The summed E-state index contributed by atoms with van der Waals surface area (Å²) in [6.07, 6.45) is -0.605. The number of hydrogen-bond acceptors (Lipinski definition) is 9. The maximum atomic E-state index is 13.6. The predicted octanol–water partition coefficient (Wildman–Crippen LogP) is 5.52. The molecule has 2 heterocycles. The molecule has 0 saturated carbocycles. The quantitative estimate of drug-likeness (QED) is 0.128. The molecule has 0 aliphatic carbocycles. The number of ether oxygens (including phenoxy) is 6. The van der Waals surface area contributed by atoms with Crippen LogP contribution in [-0.4, -0.2) is 94.3 Å². The van der Waals surface area contributed by atoms with Gasteiger partial charge in [0.1, 0.15) is 24.3 Å². The number of hydrogen-bond donors (Lipinski definition) is 0. The van der Waals surface area contributed by atoms with Crippen LogP contribution >= 0.6 is 11.6 Å². The van der Waals surface area contributed by atoms with Gasteiger partial charge in [-0.05, 0) is 55.5 Å². The van der Waals surface area contributed by atoms with Crippen LogP contribution in [0.25, 0.3) is 22.0 Å². The SMILES string of the molecule is COCCOCOc1cc(-c2ccccc2COCCC2CCN(CC(F)(F)F)CC2)c(Cl)c2c(=O)n(COCCOC)cnc12. The molecule has 0 bridgehead atoms. The number of piperidine rings is 1. The molecule has 2 aromatic carbocycles. The van der Waals surface area contributed by atoms with Crippen molar-refractivity contribution in [2.75, 3.05) is 73.7 Å². The van der Waals surface area contributed by atoms with E-state index in [2.05, 4.69) is 4.98 Å². The number of fused-ring (bicyclic) bond motifs is 1. The molecule has 0 amide bonds. The predicted molar refractivity (Wildman–Crippen MR) is 167 cm³/mol. The molecule has 1 aliphatic rings. The first-order valence-electron chi connectivity index (χ1n) is 15.1. The lowest BCUT2D eigenvalue weighted by Crippen LogP contribution is -2.40. The van der Waals surface area contributed by atoms with E-state index < -0.39 is 18.3 Å². The molecule has 4 rings (SSSR count). The second-order valence-corrected chi connectivity index (χ2v) is 11.4. The number of aromatic nitrogens is 2. The van der Waals surface area contributed by atoms with Crippen LogP contribution in [0.15, 0.2) is 41.5 Å². The van der Waals surface area contributed by atoms with Gasteiger partial charge in [-0.1, -0.05) is 35.9 Å². The first-order valence-corrected chi connectivity index (χ1v) is 15.5. The minimum absolute atomic E-state index is 0.0339. The smallest absolute Gasteiger partial charge is 0.401 e. The Morgan fingerprint density at radius 1 is 0.957 bits per heavy atom. The Morgan fingerprint density at radius 3 is 2.39 bits per heavy atom. The van der Waals surface area contributed by atoms with Gasteiger partial charge in [-0.15, -0.1) is 0 Å². The van der Waals surface area contributed by atoms with Gasteiger partial charge in [-0.2, -0.15) is 13.2 Å². The molecule has 1 aromatic heterocycles. The molecule has 0 radical (unpaired) electrons. The van der Waals surface area contributed by atoms with E-state index in [0.717, 1.165) is 17.5 Å². The Bertz CT molecular complexity index is 1450. The van der Waals surface area contributed by atoms with Gasteiger partial charge in [-0.3, -0.25) is 14.3 Å². The molecule has 1 fully saturated rings. The van der Waals surface area contributed by atoms with Crippen molar-refractivity contribution in [2.24, 2.45) is 5.92 Å². The zero-order valence-corrected chi connectivity index (χ0v) is 26.9. The van der Waals surface area contributed by atoms with Crippen molar-refractivity contribution in [2.45, 2.75) is 38.8 Å². The van der Waals surface area contributed by atoms with Gasteiger partial charge in [0.05, 0.1) is 50.0 Å². The maximum absolute atomic E-state index is 13.6. The van der Waals surface area contributed by atoms with E-state index in [-0.39, 0.29) is 36.1 Å². The highest BCUT2D eigenvalue weighted by Crippen LogP contribution is 2.39. The largest absolute Gasteiger partial charge is 0.465 e. The zero-order chi connectivity index (χ0) is 32.9. The fraction of sp³-hybridized carbons (Fsp3) is 0.562. The molecule has 10 nitrogen and oxygen atoms in total. The van der Waals surface area contributed by atoms with Gasteiger partial charge in [0.15, 0.2) is 6.79 Å². The van der Waals surface area contributed by atoms with E-state index >= 15 is 0 Å². The van der Waals surface area contributed by atoms with E-state index in [1.54, 1.807) is 20.3 Å². The fourth-order valence-corrected chi connectivity index (χ4v) is 5.64. The fourth-order valence-electron chi connectivity index (χ4n) is 5.31. The van der Waals surface area contributed by atoms with Crippen LogP contribution in [0.4, 0.5) is 13.2 Å². The first kappa shape index (κ1) is 36.1. The van der Waals surface area contributed by atoms with Gasteiger partial charge < -0.3 is 28.4 Å². The van der Waals surface area contributed by atoms with Gasteiger partial charge in [0, 0.05) is 26.4 Å². The van der Waals surface area contributed by atoms with Crippen molar-refractivity contribution in [3.05, 3.63) is 57.6 Å². The van der Waals surface area contributed by atoms with Crippen LogP contribution < -0.4 is 10.3 Å². The normalized spacial score (nSPS) is 14.7. The third-order valence-electron chi connectivity index (χ3n) is 7.74. The lowest BCUT2D eigenvalue weighted by Gasteiger charge is -2.32. The molecule has 0 atom stereocenters. The van der Waals surface area contributed by atoms with Crippen LogP contribution in [-0.2, 0) is 37.0 Å². The van der Waals surface area contributed by atoms with Crippen molar-refractivity contribution < 1.29 is 41.6 Å². The van der Waals surface area contributed by atoms with E-state index in [4.69, 9.17) is 40.0 Å².